The second-order valence-corrected chi connectivity index (χ2v) is 5.05. The highest BCUT2D eigenvalue weighted by Crippen LogP contribution is 2.28. The molecule has 4 nitrogen and oxygen atoms in total. The Kier molecular flexibility index (Phi) is 3.05. The van der Waals surface area contributed by atoms with Gasteiger partial charge in [-0.1, -0.05) is 0 Å². The number of aryl methyl sites for hydroxylation is 2. The smallest absolute Gasteiger partial charge is 0.205 e. The van der Waals surface area contributed by atoms with Crippen LogP contribution >= 0.6 is 0 Å². The largest absolute Gasteiger partial charge is 0.497 e. The average Bonchev–Trinajstić information content (AvgIpc) is 2.75. The van der Waals surface area contributed by atoms with Gasteiger partial charge in [-0.2, -0.15) is 0 Å². The molecule has 0 amide bonds. The van der Waals surface area contributed by atoms with Gasteiger partial charge in [-0.25, -0.2) is 9.37 Å². The van der Waals surface area contributed by atoms with Crippen LogP contribution < -0.4 is 10.5 Å². The molecule has 1 aromatic heterocycles. The van der Waals surface area contributed by atoms with Crippen molar-refractivity contribution in [1.29, 1.82) is 0 Å². The van der Waals surface area contributed by atoms with E-state index < -0.39 is 0 Å². The molecular weight excluding hydrogens is 269 g/mol. The van der Waals surface area contributed by atoms with Crippen LogP contribution in [0.15, 0.2) is 30.3 Å². The van der Waals surface area contributed by atoms with Gasteiger partial charge in [-0.05, 0) is 49.2 Å². The maximum atomic E-state index is 13.7. The lowest BCUT2D eigenvalue weighted by Crippen LogP contribution is -2.03. The molecule has 3 rings (SSSR count). The number of hydrogen-bond donors (Lipinski definition) is 1. The number of aromatic nitrogens is 2. The van der Waals surface area contributed by atoms with E-state index in [1.807, 2.05) is 29.7 Å². The quantitative estimate of drug-likeness (QED) is 0.785. The number of rotatable bonds is 2. The van der Waals surface area contributed by atoms with Gasteiger partial charge in [-0.15, -0.1) is 0 Å². The number of anilines is 1. The molecule has 2 aromatic carbocycles. The van der Waals surface area contributed by atoms with Crippen molar-refractivity contribution in [2.24, 2.45) is 0 Å². The number of halogens is 1. The Morgan fingerprint density at radius 3 is 2.57 bits per heavy atom. The number of methoxy groups -OCH3 is 1. The van der Waals surface area contributed by atoms with Crippen LogP contribution in [0.1, 0.15) is 11.1 Å². The summed E-state index contributed by atoms with van der Waals surface area (Å²) in [4.78, 5) is 4.24. The number of nitrogen functional groups attached to an aromatic ring is 1. The molecular formula is C16H16FN3O. The zero-order valence-electron chi connectivity index (χ0n) is 12.1. The van der Waals surface area contributed by atoms with Gasteiger partial charge in [0.15, 0.2) is 0 Å². The average molecular weight is 285 g/mol. The van der Waals surface area contributed by atoms with Crippen LogP contribution in [0.5, 0.6) is 5.75 Å². The number of nitrogens with zero attached hydrogens (tertiary/aromatic N) is 2. The molecule has 0 unspecified atom stereocenters. The van der Waals surface area contributed by atoms with E-state index in [-0.39, 0.29) is 5.82 Å². The van der Waals surface area contributed by atoms with Crippen molar-refractivity contribution in [3.05, 3.63) is 47.3 Å². The standard InChI is InChI=1S/C16H16FN3O/c1-9-7-15-13(8-12(9)17)19-16(18)20(15)14-5-4-11(21-3)6-10(14)2/h4-8H,1-3H3,(H2,18,19). The lowest BCUT2D eigenvalue weighted by atomic mass is 10.1. The SMILES string of the molecule is COc1ccc(-n2c(N)nc3cc(F)c(C)cc32)c(C)c1. The molecule has 0 aliphatic carbocycles. The van der Waals surface area contributed by atoms with E-state index in [4.69, 9.17) is 10.5 Å². The number of hydrogen-bond acceptors (Lipinski definition) is 3. The van der Waals surface area contributed by atoms with E-state index in [0.717, 1.165) is 22.5 Å². The predicted molar refractivity (Wildman–Crippen MR) is 81.5 cm³/mol. The molecule has 0 atom stereocenters. The van der Waals surface area contributed by atoms with Crippen LogP contribution in [0.2, 0.25) is 0 Å². The van der Waals surface area contributed by atoms with E-state index in [1.165, 1.54) is 6.07 Å². The van der Waals surface area contributed by atoms with Gasteiger partial charge in [-0.3, -0.25) is 4.57 Å². The Balaban J connectivity index is 2.29. The van der Waals surface area contributed by atoms with Crippen LogP contribution in [0, 0.1) is 19.7 Å². The highest BCUT2D eigenvalue weighted by Gasteiger charge is 2.14. The Hall–Kier alpha value is -2.56. The van der Waals surface area contributed by atoms with Crippen molar-refractivity contribution in [3.63, 3.8) is 0 Å². The van der Waals surface area contributed by atoms with Crippen LogP contribution in [0.4, 0.5) is 10.3 Å². The number of ether oxygens (including phenoxy) is 1. The fourth-order valence-corrected chi connectivity index (χ4v) is 2.48. The van der Waals surface area contributed by atoms with Gasteiger partial charge in [0.2, 0.25) is 5.95 Å². The summed E-state index contributed by atoms with van der Waals surface area (Å²) in [5, 5.41) is 0. The van der Waals surface area contributed by atoms with Crippen LogP contribution in [-0.4, -0.2) is 16.7 Å². The first kappa shape index (κ1) is 13.4. The van der Waals surface area contributed by atoms with Crippen LogP contribution in [-0.2, 0) is 0 Å². The van der Waals surface area contributed by atoms with E-state index in [1.54, 1.807) is 20.1 Å². The van der Waals surface area contributed by atoms with Gasteiger partial charge in [0.25, 0.3) is 0 Å². The molecule has 0 radical (unpaired) electrons. The summed E-state index contributed by atoms with van der Waals surface area (Å²) < 4.78 is 20.7. The summed E-state index contributed by atoms with van der Waals surface area (Å²) >= 11 is 0. The zero-order valence-corrected chi connectivity index (χ0v) is 12.1. The van der Waals surface area contributed by atoms with E-state index in [0.29, 0.717) is 17.0 Å². The van der Waals surface area contributed by atoms with Crippen molar-refractivity contribution < 1.29 is 9.13 Å². The molecule has 2 N–H and O–H groups in total. The van der Waals surface area contributed by atoms with Gasteiger partial charge in [0.05, 0.1) is 23.8 Å². The first-order valence-electron chi connectivity index (χ1n) is 6.60. The van der Waals surface area contributed by atoms with Gasteiger partial charge in [0, 0.05) is 6.07 Å². The van der Waals surface area contributed by atoms with Crippen molar-refractivity contribution in [2.75, 3.05) is 12.8 Å². The highest BCUT2D eigenvalue weighted by molar-refractivity contribution is 5.82. The third-order valence-electron chi connectivity index (χ3n) is 3.61. The van der Waals surface area contributed by atoms with Crippen molar-refractivity contribution in [1.82, 2.24) is 9.55 Å². The molecule has 0 saturated heterocycles. The summed E-state index contributed by atoms with van der Waals surface area (Å²) in [5.41, 5.74) is 9.83. The minimum absolute atomic E-state index is 0.279. The fraction of sp³-hybridized carbons (Fsp3) is 0.188. The Bertz CT molecular complexity index is 839. The number of benzene rings is 2. The summed E-state index contributed by atoms with van der Waals surface area (Å²) in [5.74, 6) is 0.836. The molecule has 108 valence electrons. The second-order valence-electron chi connectivity index (χ2n) is 5.05. The number of imidazole rings is 1. The molecule has 1 heterocycles. The molecule has 5 heteroatoms. The van der Waals surface area contributed by atoms with Crippen molar-refractivity contribution in [2.45, 2.75) is 13.8 Å². The number of fused-ring (bicyclic) bond motifs is 1. The van der Waals surface area contributed by atoms with E-state index in [9.17, 15) is 4.39 Å². The molecule has 0 spiro atoms. The molecule has 21 heavy (non-hydrogen) atoms. The highest BCUT2D eigenvalue weighted by atomic mass is 19.1. The lowest BCUT2D eigenvalue weighted by molar-refractivity contribution is 0.414. The summed E-state index contributed by atoms with van der Waals surface area (Å²) in [6.07, 6.45) is 0. The Morgan fingerprint density at radius 1 is 1.14 bits per heavy atom. The molecule has 0 bridgehead atoms. The van der Waals surface area contributed by atoms with E-state index in [2.05, 4.69) is 4.98 Å². The molecule has 0 aliphatic heterocycles. The monoisotopic (exact) mass is 285 g/mol. The topological polar surface area (TPSA) is 53.1 Å². The zero-order chi connectivity index (χ0) is 15.1. The first-order valence-corrected chi connectivity index (χ1v) is 6.60. The summed E-state index contributed by atoms with van der Waals surface area (Å²) in [6, 6.07) is 8.89. The number of nitrogens with two attached hydrogens (primary N) is 1. The summed E-state index contributed by atoms with van der Waals surface area (Å²) in [6.45, 7) is 3.70. The first-order chi connectivity index (χ1) is 10.0. The molecule has 0 saturated carbocycles. The maximum Gasteiger partial charge on any atom is 0.205 e. The van der Waals surface area contributed by atoms with Crippen LogP contribution in [0.3, 0.4) is 0 Å². The third kappa shape index (κ3) is 2.11. The van der Waals surface area contributed by atoms with E-state index >= 15 is 0 Å². The minimum Gasteiger partial charge on any atom is -0.497 e. The molecule has 3 aromatic rings. The van der Waals surface area contributed by atoms with Gasteiger partial charge in [0.1, 0.15) is 11.6 Å². The van der Waals surface area contributed by atoms with Crippen LogP contribution in [0.25, 0.3) is 16.7 Å². The third-order valence-corrected chi connectivity index (χ3v) is 3.61. The maximum absolute atomic E-state index is 13.7. The fourth-order valence-electron chi connectivity index (χ4n) is 2.48. The van der Waals surface area contributed by atoms with Gasteiger partial charge >= 0.3 is 0 Å². The van der Waals surface area contributed by atoms with Crippen molar-refractivity contribution >= 4 is 17.0 Å². The Morgan fingerprint density at radius 2 is 1.90 bits per heavy atom. The lowest BCUT2D eigenvalue weighted by Gasteiger charge is -2.11. The predicted octanol–water partition coefficient (Wildman–Crippen LogP) is 3.37. The second kappa shape index (κ2) is 4.77. The molecule has 0 fully saturated rings. The Labute approximate surface area is 122 Å². The minimum atomic E-state index is -0.279. The van der Waals surface area contributed by atoms with Gasteiger partial charge < -0.3 is 10.5 Å². The summed E-state index contributed by atoms with van der Waals surface area (Å²) in [7, 11) is 1.63. The van der Waals surface area contributed by atoms with Crippen molar-refractivity contribution in [3.8, 4) is 11.4 Å². The normalized spacial score (nSPS) is 11.0. The molecule has 0 aliphatic rings.